The number of thiazole rings is 1. The number of thioether (sulfide) groups is 1. The molecule has 1 atom stereocenters. The minimum atomic E-state index is -0.348. The van der Waals surface area contributed by atoms with Crippen LogP contribution >= 0.6 is 23.1 Å². The smallest absolute Gasteiger partial charge is 0.270 e. The molecule has 7 nitrogen and oxygen atoms in total. The summed E-state index contributed by atoms with van der Waals surface area (Å²) >= 11 is 2.94. The van der Waals surface area contributed by atoms with E-state index in [-0.39, 0.29) is 17.8 Å². The molecule has 4 rings (SSSR count). The van der Waals surface area contributed by atoms with Crippen molar-refractivity contribution in [2.45, 2.75) is 37.4 Å². The van der Waals surface area contributed by atoms with E-state index < -0.39 is 0 Å². The van der Waals surface area contributed by atoms with E-state index in [0.29, 0.717) is 35.3 Å². The Bertz CT molecular complexity index is 1020. The van der Waals surface area contributed by atoms with Gasteiger partial charge in [-0.05, 0) is 31.9 Å². The highest BCUT2D eigenvalue weighted by Crippen LogP contribution is 2.27. The van der Waals surface area contributed by atoms with Crippen molar-refractivity contribution in [3.05, 3.63) is 52.0 Å². The van der Waals surface area contributed by atoms with Gasteiger partial charge >= 0.3 is 0 Å². The van der Waals surface area contributed by atoms with Crippen LogP contribution in [-0.4, -0.2) is 50.7 Å². The summed E-state index contributed by atoms with van der Waals surface area (Å²) in [6.45, 7) is 2.99. The predicted molar refractivity (Wildman–Crippen MR) is 114 cm³/mol. The molecule has 0 radical (unpaired) electrons. The molecule has 30 heavy (non-hydrogen) atoms. The maximum Gasteiger partial charge on any atom is 0.270 e. The quantitative estimate of drug-likeness (QED) is 0.533. The third-order valence-corrected chi connectivity index (χ3v) is 6.54. The molecule has 3 aromatic rings. The zero-order chi connectivity index (χ0) is 20.9. The van der Waals surface area contributed by atoms with Gasteiger partial charge in [-0.3, -0.25) is 9.36 Å². The van der Waals surface area contributed by atoms with Crippen LogP contribution in [0.5, 0.6) is 0 Å². The Morgan fingerprint density at radius 3 is 3.00 bits per heavy atom. The topological polar surface area (TPSA) is 81.9 Å². The molecule has 0 saturated carbocycles. The number of carbonyl (C=O) groups is 1. The molecule has 0 unspecified atom stereocenters. The van der Waals surface area contributed by atoms with Crippen LogP contribution < -0.4 is 5.32 Å². The normalized spacial score (nSPS) is 16.1. The summed E-state index contributed by atoms with van der Waals surface area (Å²) in [6.07, 6.45) is 2.69. The van der Waals surface area contributed by atoms with Crippen LogP contribution in [0.3, 0.4) is 0 Å². The number of hydrogen-bond acceptors (Lipinski definition) is 7. The number of rotatable bonds is 8. The first-order valence-corrected chi connectivity index (χ1v) is 11.6. The minimum absolute atomic E-state index is 0.185. The van der Waals surface area contributed by atoms with E-state index in [4.69, 9.17) is 4.74 Å². The Morgan fingerprint density at radius 2 is 2.27 bits per heavy atom. The van der Waals surface area contributed by atoms with Gasteiger partial charge in [0, 0.05) is 30.7 Å². The summed E-state index contributed by atoms with van der Waals surface area (Å²) in [5.41, 5.74) is 0.801. The third kappa shape index (κ3) is 4.88. The Kier molecular flexibility index (Phi) is 6.76. The van der Waals surface area contributed by atoms with Crippen LogP contribution in [0.25, 0.3) is 5.69 Å². The number of aryl methyl sites for hydroxylation is 1. The molecule has 1 aliphatic rings. The molecule has 2 aromatic heterocycles. The van der Waals surface area contributed by atoms with Gasteiger partial charge in [-0.1, -0.05) is 23.9 Å². The zero-order valence-electron chi connectivity index (χ0n) is 16.5. The van der Waals surface area contributed by atoms with Crippen LogP contribution in [0, 0.1) is 12.7 Å². The van der Waals surface area contributed by atoms with Crippen LogP contribution in [-0.2, 0) is 11.2 Å². The largest absolute Gasteiger partial charge is 0.377 e. The fourth-order valence-corrected chi connectivity index (χ4v) is 4.84. The van der Waals surface area contributed by atoms with Crippen molar-refractivity contribution < 1.29 is 13.9 Å². The second-order valence-electron chi connectivity index (χ2n) is 6.89. The fourth-order valence-electron chi connectivity index (χ4n) is 3.22. The van der Waals surface area contributed by atoms with Gasteiger partial charge in [-0.15, -0.1) is 21.5 Å². The van der Waals surface area contributed by atoms with E-state index in [9.17, 15) is 9.18 Å². The lowest BCUT2D eigenvalue weighted by molar-refractivity contribution is 0.0949. The number of aromatic nitrogens is 4. The molecular formula is C20H22FN5O2S2. The highest BCUT2D eigenvalue weighted by atomic mass is 32.2. The van der Waals surface area contributed by atoms with Crippen LogP contribution in [0.1, 0.15) is 34.2 Å². The van der Waals surface area contributed by atoms with Gasteiger partial charge in [0.25, 0.3) is 5.91 Å². The summed E-state index contributed by atoms with van der Waals surface area (Å²) in [5, 5.41) is 14.6. The Balaban J connectivity index is 1.48. The van der Waals surface area contributed by atoms with Crippen molar-refractivity contribution in [3.8, 4) is 5.69 Å². The first-order chi connectivity index (χ1) is 14.6. The summed E-state index contributed by atoms with van der Waals surface area (Å²) in [5.74, 6) is 0.750. The lowest BCUT2D eigenvalue weighted by atomic mass is 10.3. The van der Waals surface area contributed by atoms with Crippen molar-refractivity contribution in [3.63, 3.8) is 0 Å². The molecule has 0 aliphatic carbocycles. The molecule has 0 spiro atoms. The third-order valence-electron chi connectivity index (χ3n) is 4.70. The summed E-state index contributed by atoms with van der Waals surface area (Å²) in [6, 6.07) is 6.55. The number of amides is 1. The van der Waals surface area contributed by atoms with Crippen LogP contribution in [0.2, 0.25) is 0 Å². The Morgan fingerprint density at radius 1 is 1.40 bits per heavy atom. The molecule has 1 aromatic carbocycles. The first-order valence-electron chi connectivity index (χ1n) is 9.75. The SMILES string of the molecule is Cc1nc(C(=O)NCCc2nnc(SC[C@H]3CCCO3)n2-c2ccccc2F)cs1. The highest BCUT2D eigenvalue weighted by Gasteiger charge is 2.21. The number of para-hydroxylation sites is 1. The maximum absolute atomic E-state index is 14.5. The second kappa shape index (κ2) is 9.67. The number of ether oxygens (including phenoxy) is 1. The van der Waals surface area contributed by atoms with E-state index in [1.165, 1.54) is 29.2 Å². The standard InChI is InChI=1S/C20H22FN5O2S2/c1-13-23-16(12-29-13)19(27)22-9-8-18-24-25-20(30-11-14-5-4-10-28-14)26(18)17-7-3-2-6-15(17)21/h2-3,6-7,12,14H,4-5,8-11H2,1H3,(H,22,27)/t14-/m1/s1. The number of nitrogens with zero attached hydrogens (tertiary/aromatic N) is 4. The van der Waals surface area contributed by atoms with Gasteiger partial charge in [0.15, 0.2) is 5.16 Å². The van der Waals surface area contributed by atoms with Crippen molar-refractivity contribution in [1.29, 1.82) is 0 Å². The van der Waals surface area contributed by atoms with Crippen molar-refractivity contribution in [1.82, 2.24) is 25.1 Å². The molecule has 1 aliphatic heterocycles. The van der Waals surface area contributed by atoms with E-state index in [1.807, 2.05) is 6.92 Å². The number of hydrogen-bond donors (Lipinski definition) is 1. The lowest BCUT2D eigenvalue weighted by Gasteiger charge is -2.13. The molecule has 1 saturated heterocycles. The van der Waals surface area contributed by atoms with E-state index in [0.717, 1.165) is 30.2 Å². The fraction of sp³-hybridized carbons (Fsp3) is 0.400. The predicted octanol–water partition coefficient (Wildman–Crippen LogP) is 3.41. The van der Waals surface area contributed by atoms with Gasteiger partial charge in [0.2, 0.25) is 0 Å². The molecule has 10 heteroatoms. The van der Waals surface area contributed by atoms with Gasteiger partial charge in [-0.25, -0.2) is 9.37 Å². The molecule has 0 bridgehead atoms. The van der Waals surface area contributed by atoms with Crippen molar-refractivity contribution in [2.75, 3.05) is 18.9 Å². The number of halogens is 1. The van der Waals surface area contributed by atoms with E-state index in [2.05, 4.69) is 20.5 Å². The second-order valence-corrected chi connectivity index (χ2v) is 8.94. The maximum atomic E-state index is 14.5. The average molecular weight is 448 g/mol. The summed E-state index contributed by atoms with van der Waals surface area (Å²) in [4.78, 5) is 16.4. The molecule has 1 amide bonds. The van der Waals surface area contributed by atoms with Crippen molar-refractivity contribution in [2.24, 2.45) is 0 Å². The van der Waals surface area contributed by atoms with E-state index >= 15 is 0 Å². The highest BCUT2D eigenvalue weighted by molar-refractivity contribution is 7.99. The molecule has 3 heterocycles. The van der Waals surface area contributed by atoms with Crippen LogP contribution in [0.4, 0.5) is 4.39 Å². The number of nitrogens with one attached hydrogen (secondary N) is 1. The first kappa shape index (κ1) is 21.0. The molecule has 1 fully saturated rings. The lowest BCUT2D eigenvalue weighted by Crippen LogP contribution is -2.26. The Labute approximate surface area is 182 Å². The van der Waals surface area contributed by atoms with Gasteiger partial charge in [0.05, 0.1) is 16.8 Å². The van der Waals surface area contributed by atoms with E-state index in [1.54, 1.807) is 28.1 Å². The molecular weight excluding hydrogens is 425 g/mol. The summed E-state index contributed by atoms with van der Waals surface area (Å²) in [7, 11) is 0. The summed E-state index contributed by atoms with van der Waals surface area (Å²) < 4.78 is 22.0. The van der Waals surface area contributed by atoms with Crippen molar-refractivity contribution >= 4 is 29.0 Å². The van der Waals surface area contributed by atoms with Gasteiger partial charge < -0.3 is 10.1 Å². The molecule has 158 valence electrons. The number of carbonyl (C=O) groups excluding carboxylic acids is 1. The Hall–Kier alpha value is -2.30. The minimum Gasteiger partial charge on any atom is -0.377 e. The van der Waals surface area contributed by atoms with Gasteiger partial charge in [-0.2, -0.15) is 0 Å². The van der Waals surface area contributed by atoms with Crippen LogP contribution in [0.15, 0.2) is 34.8 Å². The number of benzene rings is 1. The zero-order valence-corrected chi connectivity index (χ0v) is 18.1. The monoisotopic (exact) mass is 447 g/mol. The average Bonchev–Trinajstić information content (AvgIpc) is 3.48. The van der Waals surface area contributed by atoms with Gasteiger partial charge in [0.1, 0.15) is 17.3 Å². The molecule has 1 N–H and O–H groups in total.